The molecule has 24 heavy (non-hydrogen) atoms. The van der Waals surface area contributed by atoms with Crippen molar-refractivity contribution in [1.29, 1.82) is 0 Å². The maximum absolute atomic E-state index is 11.8. The Balaban J connectivity index is 1.77. The molecule has 0 aliphatic rings. The number of nitrogens with one attached hydrogen (secondary N) is 1. The average molecular weight is 350 g/mol. The maximum Gasteiger partial charge on any atom is 0.257 e. The van der Waals surface area contributed by atoms with Gasteiger partial charge in [0.2, 0.25) is 0 Å². The second kappa shape index (κ2) is 9.03. The van der Waals surface area contributed by atoms with E-state index < -0.39 is 0 Å². The first-order chi connectivity index (χ1) is 11.6. The van der Waals surface area contributed by atoms with Gasteiger partial charge in [0.25, 0.3) is 5.91 Å². The van der Waals surface area contributed by atoms with Crippen LogP contribution in [0.4, 0.5) is 0 Å². The minimum absolute atomic E-state index is 0.0725. The summed E-state index contributed by atoms with van der Waals surface area (Å²) in [5.74, 6) is 1.53. The van der Waals surface area contributed by atoms with E-state index in [2.05, 4.69) is 5.32 Å². The van der Waals surface area contributed by atoms with E-state index in [9.17, 15) is 4.79 Å². The third-order valence-corrected chi connectivity index (χ3v) is 3.60. The lowest BCUT2D eigenvalue weighted by Crippen LogP contribution is -2.30. The van der Waals surface area contributed by atoms with Crippen molar-refractivity contribution in [1.82, 2.24) is 5.32 Å². The van der Waals surface area contributed by atoms with Crippen LogP contribution in [0.3, 0.4) is 0 Å². The second-order valence-electron chi connectivity index (χ2n) is 5.06. The number of halogens is 1. The Morgan fingerprint density at radius 2 is 1.58 bits per heavy atom. The van der Waals surface area contributed by atoms with Crippen molar-refractivity contribution >= 4 is 17.5 Å². The number of hydrogen-bond acceptors (Lipinski definition) is 4. The van der Waals surface area contributed by atoms with Crippen molar-refractivity contribution in [2.75, 3.05) is 27.4 Å². The highest BCUT2D eigenvalue weighted by Crippen LogP contribution is 2.27. The van der Waals surface area contributed by atoms with Crippen LogP contribution in [-0.2, 0) is 11.2 Å². The van der Waals surface area contributed by atoms with Crippen LogP contribution in [-0.4, -0.2) is 33.3 Å². The lowest BCUT2D eigenvalue weighted by atomic mass is 10.1. The van der Waals surface area contributed by atoms with E-state index in [1.165, 1.54) is 0 Å². The van der Waals surface area contributed by atoms with Crippen LogP contribution in [0, 0.1) is 0 Å². The summed E-state index contributed by atoms with van der Waals surface area (Å²) in [5.41, 5.74) is 1.11. The molecule has 0 aliphatic heterocycles. The maximum atomic E-state index is 11.8. The lowest BCUT2D eigenvalue weighted by molar-refractivity contribution is -0.123. The fourth-order valence-electron chi connectivity index (χ4n) is 2.06. The van der Waals surface area contributed by atoms with Gasteiger partial charge in [-0.3, -0.25) is 4.79 Å². The van der Waals surface area contributed by atoms with Crippen LogP contribution in [0.2, 0.25) is 5.02 Å². The monoisotopic (exact) mass is 349 g/mol. The number of carbonyl (C=O) groups excluding carboxylic acids is 1. The fraction of sp³-hybridized carbons (Fsp3) is 0.278. The molecule has 0 heterocycles. The normalized spacial score (nSPS) is 10.1. The molecule has 0 unspecified atom stereocenters. The molecule has 2 rings (SSSR count). The summed E-state index contributed by atoms with van der Waals surface area (Å²) in [7, 11) is 3.12. The lowest BCUT2D eigenvalue weighted by Gasteiger charge is -2.10. The zero-order chi connectivity index (χ0) is 17.4. The van der Waals surface area contributed by atoms with Crippen molar-refractivity contribution in [2.24, 2.45) is 0 Å². The molecule has 0 atom stereocenters. The minimum Gasteiger partial charge on any atom is -0.496 e. The molecule has 2 aromatic rings. The summed E-state index contributed by atoms with van der Waals surface area (Å²) < 4.78 is 15.8. The van der Waals surface area contributed by atoms with E-state index in [1.54, 1.807) is 32.4 Å². The highest BCUT2D eigenvalue weighted by molar-refractivity contribution is 6.30. The number of hydrogen-bond donors (Lipinski definition) is 1. The van der Waals surface area contributed by atoms with Crippen LogP contribution < -0.4 is 19.5 Å². The summed E-state index contributed by atoms with van der Waals surface area (Å²) in [6, 6.07) is 12.7. The predicted molar refractivity (Wildman–Crippen MR) is 93.2 cm³/mol. The molecule has 5 nitrogen and oxygen atoms in total. The summed E-state index contributed by atoms with van der Waals surface area (Å²) in [5, 5.41) is 3.51. The molecular formula is C18H20ClNO4. The van der Waals surface area contributed by atoms with Crippen LogP contribution in [0.25, 0.3) is 0 Å². The van der Waals surface area contributed by atoms with Crippen LogP contribution in [0.5, 0.6) is 17.2 Å². The Bertz CT molecular complexity index is 651. The molecule has 0 bridgehead atoms. The van der Waals surface area contributed by atoms with E-state index in [0.29, 0.717) is 28.8 Å². The highest BCUT2D eigenvalue weighted by Gasteiger charge is 2.06. The minimum atomic E-state index is -0.189. The quantitative estimate of drug-likeness (QED) is 0.795. The number of carbonyl (C=O) groups is 1. The molecule has 0 radical (unpaired) electrons. The Morgan fingerprint density at radius 1 is 1.00 bits per heavy atom. The van der Waals surface area contributed by atoms with Gasteiger partial charge in [-0.1, -0.05) is 23.7 Å². The van der Waals surface area contributed by atoms with Crippen LogP contribution in [0.1, 0.15) is 5.56 Å². The zero-order valence-corrected chi connectivity index (χ0v) is 14.4. The third-order valence-electron chi connectivity index (χ3n) is 3.34. The highest BCUT2D eigenvalue weighted by atomic mass is 35.5. The zero-order valence-electron chi connectivity index (χ0n) is 13.7. The molecule has 128 valence electrons. The third kappa shape index (κ3) is 5.66. The molecule has 0 saturated carbocycles. The Morgan fingerprint density at radius 3 is 2.17 bits per heavy atom. The molecule has 0 saturated heterocycles. The van der Waals surface area contributed by atoms with Gasteiger partial charge in [-0.15, -0.1) is 0 Å². The number of methoxy groups -OCH3 is 2. The number of rotatable bonds is 8. The summed E-state index contributed by atoms with van der Waals surface area (Å²) in [4.78, 5) is 11.8. The van der Waals surface area contributed by atoms with Crippen molar-refractivity contribution in [3.8, 4) is 17.2 Å². The van der Waals surface area contributed by atoms with E-state index in [1.807, 2.05) is 24.3 Å². The average Bonchev–Trinajstić information content (AvgIpc) is 2.61. The van der Waals surface area contributed by atoms with E-state index >= 15 is 0 Å². The van der Waals surface area contributed by atoms with E-state index in [4.69, 9.17) is 25.8 Å². The summed E-state index contributed by atoms with van der Waals surface area (Å²) >= 11 is 5.83. The summed E-state index contributed by atoms with van der Waals surface area (Å²) in [6.45, 7) is 0.461. The number of benzene rings is 2. The first-order valence-corrected chi connectivity index (χ1v) is 7.85. The van der Waals surface area contributed by atoms with Gasteiger partial charge in [0.1, 0.15) is 17.2 Å². The van der Waals surface area contributed by atoms with E-state index in [-0.39, 0.29) is 12.5 Å². The van der Waals surface area contributed by atoms with Crippen molar-refractivity contribution < 1.29 is 19.0 Å². The van der Waals surface area contributed by atoms with E-state index in [0.717, 1.165) is 12.0 Å². The first-order valence-electron chi connectivity index (χ1n) is 7.47. The number of amides is 1. The van der Waals surface area contributed by atoms with Crippen molar-refractivity contribution in [2.45, 2.75) is 6.42 Å². The van der Waals surface area contributed by atoms with Gasteiger partial charge in [-0.05, 0) is 24.1 Å². The van der Waals surface area contributed by atoms with Gasteiger partial charge in [0, 0.05) is 29.8 Å². The molecule has 1 N–H and O–H groups in total. The topological polar surface area (TPSA) is 56.8 Å². The molecule has 0 aliphatic carbocycles. The Labute approximate surface area is 146 Å². The molecule has 0 aromatic heterocycles. The van der Waals surface area contributed by atoms with Crippen molar-refractivity contribution in [3.63, 3.8) is 0 Å². The number of ether oxygens (including phenoxy) is 3. The second-order valence-corrected chi connectivity index (χ2v) is 5.50. The largest absolute Gasteiger partial charge is 0.496 e. The molecular weight excluding hydrogens is 330 g/mol. The predicted octanol–water partition coefficient (Wildman–Crippen LogP) is 3.09. The molecule has 2 aromatic carbocycles. The molecule has 0 fully saturated rings. The fourth-order valence-corrected chi connectivity index (χ4v) is 2.19. The van der Waals surface area contributed by atoms with Gasteiger partial charge in [0.05, 0.1) is 14.2 Å². The SMILES string of the molecule is COc1cc(OC)cc(OCC(=O)NCCc2ccc(Cl)cc2)c1. The standard InChI is InChI=1S/C18H20ClNO4/c1-22-15-9-16(23-2)11-17(10-15)24-12-18(21)20-8-7-13-3-5-14(19)6-4-13/h3-6,9-11H,7-8,12H2,1-2H3,(H,20,21). The molecule has 6 heteroatoms. The Hall–Kier alpha value is -2.40. The van der Waals surface area contributed by atoms with Crippen LogP contribution >= 0.6 is 11.6 Å². The van der Waals surface area contributed by atoms with Gasteiger partial charge in [0.15, 0.2) is 6.61 Å². The Kier molecular flexibility index (Phi) is 6.75. The van der Waals surface area contributed by atoms with Gasteiger partial charge >= 0.3 is 0 Å². The first kappa shape index (κ1) is 17.9. The summed E-state index contributed by atoms with van der Waals surface area (Å²) in [6.07, 6.45) is 0.732. The van der Waals surface area contributed by atoms with Gasteiger partial charge in [-0.2, -0.15) is 0 Å². The molecule has 0 spiro atoms. The van der Waals surface area contributed by atoms with Gasteiger partial charge in [-0.25, -0.2) is 0 Å². The van der Waals surface area contributed by atoms with Crippen molar-refractivity contribution in [3.05, 3.63) is 53.1 Å². The molecule has 1 amide bonds. The van der Waals surface area contributed by atoms with Crippen LogP contribution in [0.15, 0.2) is 42.5 Å². The smallest absolute Gasteiger partial charge is 0.257 e. The van der Waals surface area contributed by atoms with Gasteiger partial charge < -0.3 is 19.5 Å².